The molecule has 1 aromatic carbocycles. The molecule has 1 saturated heterocycles. The number of halogens is 4. The van der Waals surface area contributed by atoms with Crippen molar-refractivity contribution in [2.24, 2.45) is 0 Å². The number of benzene rings is 1. The number of hydrogen-bond donors (Lipinski definition) is 2. The molecular formula is C27H34ClF3N6O3. The average molecular weight is 583 g/mol. The van der Waals surface area contributed by atoms with E-state index in [0.717, 1.165) is 69.3 Å². The van der Waals surface area contributed by atoms with E-state index in [0.29, 0.717) is 11.1 Å². The highest BCUT2D eigenvalue weighted by Crippen LogP contribution is 2.25. The van der Waals surface area contributed by atoms with E-state index in [1.54, 1.807) is 12.3 Å². The number of likely N-dealkylation sites (N-methyl/N-ethyl adjacent to an activating group) is 1. The topological polar surface area (TPSA) is 108 Å². The van der Waals surface area contributed by atoms with Crippen LogP contribution in [-0.4, -0.2) is 86.3 Å². The summed E-state index contributed by atoms with van der Waals surface area (Å²) in [5, 5.41) is 26.5. The maximum atomic E-state index is 10.6. The van der Waals surface area contributed by atoms with E-state index in [9.17, 15) is 18.3 Å². The lowest BCUT2D eigenvalue weighted by Crippen LogP contribution is -2.36. The highest BCUT2D eigenvalue weighted by molar-refractivity contribution is 6.29. The number of aliphatic carboxylic acids is 1. The fourth-order valence-corrected chi connectivity index (χ4v) is 4.59. The van der Waals surface area contributed by atoms with Gasteiger partial charge in [0.25, 0.3) is 0 Å². The largest absolute Gasteiger partial charge is 0.490 e. The zero-order chi connectivity index (χ0) is 29.3. The van der Waals surface area contributed by atoms with Crippen molar-refractivity contribution in [3.05, 3.63) is 59.4 Å². The van der Waals surface area contributed by atoms with Crippen molar-refractivity contribution < 1.29 is 28.2 Å². The van der Waals surface area contributed by atoms with E-state index in [2.05, 4.69) is 67.8 Å². The summed E-state index contributed by atoms with van der Waals surface area (Å²) < 4.78 is 33.9. The molecule has 3 aromatic rings. The zero-order valence-electron chi connectivity index (χ0n) is 22.4. The van der Waals surface area contributed by atoms with Crippen LogP contribution in [0, 0.1) is 0 Å². The fourth-order valence-electron chi connectivity index (χ4n) is 4.48. The second-order valence-electron chi connectivity index (χ2n) is 9.77. The number of carbonyl (C=O) groups is 1. The fraction of sp³-hybridized carbons (Fsp3) is 0.481. The van der Waals surface area contributed by atoms with Crippen LogP contribution in [0.1, 0.15) is 37.7 Å². The Hall–Kier alpha value is -3.22. The lowest BCUT2D eigenvalue weighted by molar-refractivity contribution is -0.192. The molecule has 0 bridgehead atoms. The first-order valence-electron chi connectivity index (χ1n) is 13.0. The minimum absolute atomic E-state index is 0.144. The van der Waals surface area contributed by atoms with Crippen LogP contribution >= 0.6 is 11.6 Å². The third kappa shape index (κ3) is 9.17. The summed E-state index contributed by atoms with van der Waals surface area (Å²) >= 11 is 6.00. The number of likely N-dealkylation sites (tertiary alicyclic amines) is 1. The van der Waals surface area contributed by atoms with Crippen molar-refractivity contribution in [2.75, 3.05) is 38.1 Å². The van der Waals surface area contributed by atoms with Gasteiger partial charge in [-0.25, -0.2) is 9.78 Å². The first-order valence-corrected chi connectivity index (χ1v) is 13.3. The summed E-state index contributed by atoms with van der Waals surface area (Å²) in [6, 6.07) is 14.3. The van der Waals surface area contributed by atoms with Crippen LogP contribution < -0.4 is 4.90 Å². The number of aliphatic hydroxyl groups is 1. The highest BCUT2D eigenvalue weighted by atomic mass is 35.5. The van der Waals surface area contributed by atoms with Gasteiger partial charge in [0.05, 0.1) is 6.10 Å². The number of alkyl halides is 3. The molecule has 4 rings (SSSR count). The molecule has 1 aliphatic heterocycles. The number of pyridine rings is 1. The van der Waals surface area contributed by atoms with Gasteiger partial charge in [0.2, 0.25) is 5.95 Å². The second kappa shape index (κ2) is 14.4. The molecule has 0 spiro atoms. The quantitative estimate of drug-likeness (QED) is 0.349. The number of anilines is 1. The third-order valence-corrected chi connectivity index (χ3v) is 6.85. The number of hydrogen-bond acceptors (Lipinski definition) is 7. The second-order valence-corrected chi connectivity index (χ2v) is 10.2. The summed E-state index contributed by atoms with van der Waals surface area (Å²) in [5.41, 5.74) is 2.22. The van der Waals surface area contributed by atoms with Crippen molar-refractivity contribution in [3.63, 3.8) is 0 Å². The molecule has 0 aliphatic carbocycles. The molecule has 1 atom stereocenters. The van der Waals surface area contributed by atoms with E-state index in [-0.39, 0.29) is 6.10 Å². The number of carboxylic acids is 1. The van der Waals surface area contributed by atoms with Crippen LogP contribution in [0.3, 0.4) is 0 Å². The summed E-state index contributed by atoms with van der Waals surface area (Å²) in [7, 11) is 2.08. The number of carboxylic acid groups (broad SMARTS) is 1. The molecule has 40 heavy (non-hydrogen) atoms. The van der Waals surface area contributed by atoms with Crippen molar-refractivity contribution in [2.45, 2.75) is 50.9 Å². The van der Waals surface area contributed by atoms with Crippen LogP contribution in [0.15, 0.2) is 48.7 Å². The Morgan fingerprint density at radius 3 is 2.35 bits per heavy atom. The number of nitrogens with zero attached hydrogens (tertiary/aromatic N) is 6. The molecular weight excluding hydrogens is 549 g/mol. The Morgan fingerprint density at radius 1 is 1.12 bits per heavy atom. The minimum atomic E-state index is -5.08. The molecule has 1 fully saturated rings. The Balaban J connectivity index is 0.000000559. The van der Waals surface area contributed by atoms with Crippen LogP contribution in [0.5, 0.6) is 0 Å². The Morgan fingerprint density at radius 2 is 1.77 bits per heavy atom. The Labute approximate surface area is 236 Å². The molecule has 1 aliphatic rings. The molecule has 0 saturated carbocycles. The molecule has 0 amide bonds. The van der Waals surface area contributed by atoms with E-state index in [1.807, 2.05) is 12.1 Å². The SMILES string of the molecule is CC(CN(C)c1nnc(-c2ccc(Cl)nc2)n1CCCN1CCC(O)CC1)c1ccccc1.O=C(O)C(F)(F)F. The maximum Gasteiger partial charge on any atom is 0.490 e. The van der Waals surface area contributed by atoms with Crippen LogP contribution in [0.2, 0.25) is 5.15 Å². The maximum absolute atomic E-state index is 10.6. The number of aliphatic hydroxyl groups excluding tert-OH is 1. The summed E-state index contributed by atoms with van der Waals surface area (Å²) in [5.74, 6) is -0.728. The van der Waals surface area contributed by atoms with Gasteiger partial charge in [0, 0.05) is 45.0 Å². The Bertz CT molecular complexity index is 1200. The number of piperidine rings is 1. The summed E-state index contributed by atoms with van der Waals surface area (Å²) in [6.45, 7) is 6.79. The molecule has 0 radical (unpaired) electrons. The highest BCUT2D eigenvalue weighted by Gasteiger charge is 2.38. The smallest absolute Gasteiger partial charge is 0.475 e. The predicted octanol–water partition coefficient (Wildman–Crippen LogP) is 4.71. The third-order valence-electron chi connectivity index (χ3n) is 6.63. The van der Waals surface area contributed by atoms with Crippen molar-refractivity contribution in [1.82, 2.24) is 24.6 Å². The molecule has 13 heteroatoms. The standard InChI is InChI=1S/C25H33ClN6O.C2HF3O2/c1-19(20-7-4-3-5-8-20)18-30(2)25-29-28-24(21-9-10-23(26)27-17-21)32(25)14-6-13-31-15-11-22(33)12-16-31;3-2(4,5)1(6)7/h3-5,7-10,17,19,22,33H,6,11-16,18H2,1-2H3;(H,6,7). The molecule has 3 heterocycles. The van der Waals surface area contributed by atoms with Gasteiger partial charge in [-0.2, -0.15) is 13.2 Å². The van der Waals surface area contributed by atoms with E-state index < -0.39 is 12.1 Å². The first-order chi connectivity index (χ1) is 19.0. The van der Waals surface area contributed by atoms with Crippen molar-refractivity contribution >= 4 is 23.5 Å². The van der Waals surface area contributed by atoms with E-state index in [1.165, 1.54) is 5.56 Å². The first kappa shape index (κ1) is 31.3. The molecule has 218 valence electrons. The summed E-state index contributed by atoms with van der Waals surface area (Å²) in [6.07, 6.45) is -0.767. The average Bonchev–Trinajstić information content (AvgIpc) is 3.34. The van der Waals surface area contributed by atoms with Gasteiger partial charge in [-0.05, 0) is 49.4 Å². The van der Waals surface area contributed by atoms with Gasteiger partial charge < -0.3 is 20.0 Å². The minimum Gasteiger partial charge on any atom is -0.475 e. The number of rotatable bonds is 9. The lowest BCUT2D eigenvalue weighted by Gasteiger charge is -2.29. The normalized spacial score (nSPS) is 15.3. The van der Waals surface area contributed by atoms with Gasteiger partial charge in [0.1, 0.15) is 5.15 Å². The van der Waals surface area contributed by atoms with Crippen LogP contribution in [-0.2, 0) is 11.3 Å². The predicted molar refractivity (Wildman–Crippen MR) is 146 cm³/mol. The van der Waals surface area contributed by atoms with Crippen molar-refractivity contribution in [1.29, 1.82) is 0 Å². The van der Waals surface area contributed by atoms with Crippen molar-refractivity contribution in [3.8, 4) is 11.4 Å². The van der Waals surface area contributed by atoms with Gasteiger partial charge in [-0.3, -0.25) is 4.57 Å². The molecule has 9 nitrogen and oxygen atoms in total. The van der Waals surface area contributed by atoms with Gasteiger partial charge in [-0.15, -0.1) is 10.2 Å². The number of aromatic nitrogens is 4. The molecule has 1 unspecified atom stereocenters. The zero-order valence-corrected chi connectivity index (χ0v) is 23.2. The van der Waals surface area contributed by atoms with Gasteiger partial charge >= 0.3 is 12.1 Å². The van der Waals surface area contributed by atoms with Gasteiger partial charge in [-0.1, -0.05) is 48.9 Å². The molecule has 2 aromatic heterocycles. The van der Waals surface area contributed by atoms with Gasteiger partial charge in [0.15, 0.2) is 5.82 Å². The summed E-state index contributed by atoms with van der Waals surface area (Å²) in [4.78, 5) is 17.8. The molecule has 2 N–H and O–H groups in total. The van der Waals surface area contributed by atoms with Crippen LogP contribution in [0.4, 0.5) is 19.1 Å². The lowest BCUT2D eigenvalue weighted by atomic mass is 10.0. The van der Waals surface area contributed by atoms with E-state index >= 15 is 0 Å². The van der Waals surface area contributed by atoms with E-state index in [4.69, 9.17) is 21.5 Å². The Kier molecular flexibility index (Phi) is 11.3. The monoisotopic (exact) mass is 582 g/mol. The van der Waals surface area contributed by atoms with Crippen LogP contribution in [0.25, 0.3) is 11.4 Å².